The molecule has 0 amide bonds. The normalized spacial score (nSPS) is 11.6. The molecule has 0 fully saturated rings. The predicted octanol–water partition coefficient (Wildman–Crippen LogP) is 15.6. The van der Waals surface area contributed by atoms with Crippen molar-refractivity contribution < 1.29 is 4.42 Å². The lowest BCUT2D eigenvalue weighted by atomic mass is 9.97. The molecule has 11 aromatic rings. The highest BCUT2D eigenvalue weighted by atomic mass is 32.1. The van der Waals surface area contributed by atoms with Crippen LogP contribution >= 0.6 is 11.3 Å². The first kappa shape index (κ1) is 31.6. The van der Waals surface area contributed by atoms with Gasteiger partial charge in [-0.15, -0.1) is 11.3 Å². The molecule has 0 aliphatic rings. The van der Waals surface area contributed by atoms with Crippen molar-refractivity contribution in [2.45, 2.75) is 0 Å². The maximum absolute atomic E-state index is 6.68. The fraction of sp³-hybridized carbons (Fsp3) is 0. The summed E-state index contributed by atoms with van der Waals surface area (Å²) in [6.07, 6.45) is 0. The van der Waals surface area contributed by atoms with Crippen LogP contribution in [0.3, 0.4) is 0 Å². The Kier molecular flexibility index (Phi) is 7.39. The van der Waals surface area contributed by atoms with Gasteiger partial charge in [-0.1, -0.05) is 146 Å². The van der Waals surface area contributed by atoms with Crippen LogP contribution in [0, 0.1) is 0 Å². The van der Waals surface area contributed by atoms with Gasteiger partial charge < -0.3 is 9.32 Å². The molecule has 258 valence electrons. The summed E-state index contributed by atoms with van der Waals surface area (Å²) in [6, 6.07) is 72.2. The summed E-state index contributed by atoms with van der Waals surface area (Å²) < 4.78 is 9.28. The Morgan fingerprint density at radius 3 is 1.91 bits per heavy atom. The average molecular weight is 720 g/mol. The Balaban J connectivity index is 1.05. The van der Waals surface area contributed by atoms with Crippen molar-refractivity contribution >= 4 is 81.3 Å². The molecular formula is C52H33NOS. The molecule has 9 aromatic carbocycles. The standard InChI is InChI=1S/C52H33NOS/c1-2-12-36-32-39(24-23-34(36)11-1)38-14-9-13-37(31-38)35-25-28-41(29-26-35)53(48-20-10-18-46-43-16-4-7-21-49(43)54-52(46)48)47-19-6-3-15-42(47)40-27-30-45-44-17-5-8-22-50(44)55-51(45)33-40/h1-33H. The minimum absolute atomic E-state index is 0.866. The third-order valence-corrected chi connectivity index (χ3v) is 12.0. The van der Waals surface area contributed by atoms with Crippen molar-refractivity contribution in [2.75, 3.05) is 4.90 Å². The van der Waals surface area contributed by atoms with Gasteiger partial charge in [0, 0.05) is 42.2 Å². The van der Waals surface area contributed by atoms with E-state index < -0.39 is 0 Å². The van der Waals surface area contributed by atoms with Gasteiger partial charge in [0.2, 0.25) is 0 Å². The number of hydrogen-bond donors (Lipinski definition) is 0. The smallest absolute Gasteiger partial charge is 0.159 e. The summed E-state index contributed by atoms with van der Waals surface area (Å²) >= 11 is 1.85. The summed E-state index contributed by atoms with van der Waals surface area (Å²) in [5, 5.41) is 7.32. The van der Waals surface area contributed by atoms with E-state index in [4.69, 9.17) is 4.42 Å². The first-order chi connectivity index (χ1) is 27.2. The van der Waals surface area contributed by atoms with Crippen LogP contribution in [0.4, 0.5) is 17.1 Å². The Labute approximate surface area is 322 Å². The summed E-state index contributed by atoms with van der Waals surface area (Å²) in [5.74, 6) is 0. The van der Waals surface area contributed by atoms with E-state index in [0.29, 0.717) is 0 Å². The zero-order valence-electron chi connectivity index (χ0n) is 29.8. The first-order valence-electron chi connectivity index (χ1n) is 18.7. The molecule has 0 radical (unpaired) electrons. The number of para-hydroxylation sites is 3. The fourth-order valence-corrected chi connectivity index (χ4v) is 9.32. The van der Waals surface area contributed by atoms with Gasteiger partial charge in [0.05, 0.1) is 11.4 Å². The number of rotatable bonds is 6. The van der Waals surface area contributed by atoms with Crippen molar-refractivity contribution in [3.8, 4) is 33.4 Å². The monoisotopic (exact) mass is 719 g/mol. The van der Waals surface area contributed by atoms with Gasteiger partial charge in [0.25, 0.3) is 0 Å². The third kappa shape index (κ3) is 5.40. The second-order valence-corrected chi connectivity index (χ2v) is 15.2. The lowest BCUT2D eigenvalue weighted by molar-refractivity contribution is 0.669. The lowest BCUT2D eigenvalue weighted by Gasteiger charge is -2.28. The minimum atomic E-state index is 0.866. The molecule has 55 heavy (non-hydrogen) atoms. The molecule has 2 heterocycles. The molecule has 11 rings (SSSR count). The van der Waals surface area contributed by atoms with Gasteiger partial charge in [-0.2, -0.15) is 0 Å². The molecule has 0 atom stereocenters. The molecule has 0 bridgehead atoms. The van der Waals surface area contributed by atoms with E-state index in [0.717, 1.165) is 50.1 Å². The van der Waals surface area contributed by atoms with Crippen molar-refractivity contribution in [2.24, 2.45) is 0 Å². The van der Waals surface area contributed by atoms with Gasteiger partial charge in [0.1, 0.15) is 5.58 Å². The van der Waals surface area contributed by atoms with Crippen LogP contribution in [0.1, 0.15) is 0 Å². The lowest BCUT2D eigenvalue weighted by Crippen LogP contribution is -2.11. The van der Waals surface area contributed by atoms with Crippen molar-refractivity contribution in [3.63, 3.8) is 0 Å². The SMILES string of the molecule is c1cc(-c2ccc(N(c3ccccc3-c3ccc4c(c3)sc3ccccc34)c3cccc4c3oc3ccccc34)cc2)cc(-c2ccc3ccccc3c2)c1. The summed E-state index contributed by atoms with van der Waals surface area (Å²) in [7, 11) is 0. The number of fused-ring (bicyclic) bond motifs is 7. The third-order valence-electron chi connectivity index (χ3n) is 10.9. The van der Waals surface area contributed by atoms with Gasteiger partial charge in [-0.25, -0.2) is 0 Å². The Morgan fingerprint density at radius 1 is 0.364 bits per heavy atom. The number of benzene rings is 9. The van der Waals surface area contributed by atoms with Crippen LogP contribution in [0.5, 0.6) is 0 Å². The van der Waals surface area contributed by atoms with Gasteiger partial charge in [-0.3, -0.25) is 0 Å². The highest BCUT2D eigenvalue weighted by Crippen LogP contribution is 2.46. The largest absolute Gasteiger partial charge is 0.454 e. The minimum Gasteiger partial charge on any atom is -0.454 e. The topological polar surface area (TPSA) is 16.4 Å². The van der Waals surface area contributed by atoms with Crippen LogP contribution in [0.15, 0.2) is 205 Å². The van der Waals surface area contributed by atoms with E-state index in [1.165, 1.54) is 53.2 Å². The maximum atomic E-state index is 6.68. The zero-order chi connectivity index (χ0) is 36.3. The average Bonchev–Trinajstić information content (AvgIpc) is 3.83. The zero-order valence-corrected chi connectivity index (χ0v) is 30.6. The van der Waals surface area contributed by atoms with E-state index in [-0.39, 0.29) is 0 Å². The van der Waals surface area contributed by atoms with E-state index in [1.54, 1.807) is 0 Å². The molecule has 0 aliphatic carbocycles. The summed E-state index contributed by atoms with van der Waals surface area (Å²) in [4.78, 5) is 2.37. The van der Waals surface area contributed by atoms with Crippen molar-refractivity contribution in [3.05, 3.63) is 200 Å². The number of hydrogen-bond acceptors (Lipinski definition) is 3. The number of anilines is 3. The number of nitrogens with zero attached hydrogens (tertiary/aromatic N) is 1. The predicted molar refractivity (Wildman–Crippen MR) is 235 cm³/mol. The second-order valence-electron chi connectivity index (χ2n) is 14.1. The summed E-state index contributed by atoms with van der Waals surface area (Å²) in [5.41, 5.74) is 12.0. The quantitative estimate of drug-likeness (QED) is 0.170. The Hall–Kier alpha value is -6.94. The van der Waals surface area contributed by atoms with Crippen LogP contribution in [-0.4, -0.2) is 0 Å². The molecule has 0 N–H and O–H groups in total. The molecule has 0 saturated carbocycles. The highest BCUT2D eigenvalue weighted by Gasteiger charge is 2.22. The van der Waals surface area contributed by atoms with Crippen molar-refractivity contribution in [1.82, 2.24) is 0 Å². The van der Waals surface area contributed by atoms with E-state index in [1.807, 2.05) is 17.4 Å². The molecule has 2 aromatic heterocycles. The van der Waals surface area contributed by atoms with Crippen LogP contribution in [0.2, 0.25) is 0 Å². The molecule has 0 saturated heterocycles. The maximum Gasteiger partial charge on any atom is 0.159 e. The van der Waals surface area contributed by atoms with E-state index in [9.17, 15) is 0 Å². The molecular weight excluding hydrogens is 687 g/mol. The van der Waals surface area contributed by atoms with Crippen LogP contribution in [0.25, 0.3) is 86.3 Å². The number of furan rings is 1. The molecule has 3 heteroatoms. The van der Waals surface area contributed by atoms with Crippen LogP contribution in [-0.2, 0) is 0 Å². The van der Waals surface area contributed by atoms with Crippen molar-refractivity contribution in [1.29, 1.82) is 0 Å². The van der Waals surface area contributed by atoms with Gasteiger partial charge in [0.15, 0.2) is 5.58 Å². The van der Waals surface area contributed by atoms with E-state index in [2.05, 4.69) is 199 Å². The second kappa shape index (κ2) is 12.9. The van der Waals surface area contributed by atoms with Gasteiger partial charge >= 0.3 is 0 Å². The fourth-order valence-electron chi connectivity index (χ4n) is 8.17. The summed E-state index contributed by atoms with van der Waals surface area (Å²) in [6.45, 7) is 0. The van der Waals surface area contributed by atoms with E-state index >= 15 is 0 Å². The highest BCUT2D eigenvalue weighted by molar-refractivity contribution is 7.25. The van der Waals surface area contributed by atoms with Crippen LogP contribution < -0.4 is 4.90 Å². The van der Waals surface area contributed by atoms with Gasteiger partial charge in [-0.05, 0) is 93.2 Å². The number of thiophene rings is 1. The molecule has 0 unspecified atom stereocenters. The molecule has 0 aliphatic heterocycles. The first-order valence-corrected chi connectivity index (χ1v) is 19.5. The molecule has 0 spiro atoms. The Bertz CT molecular complexity index is 3220. The Morgan fingerprint density at radius 2 is 1.00 bits per heavy atom. The molecule has 2 nitrogen and oxygen atoms in total.